The van der Waals surface area contributed by atoms with Crippen molar-refractivity contribution in [1.29, 1.82) is 0 Å². The van der Waals surface area contributed by atoms with Crippen LogP contribution in [0.4, 0.5) is 0 Å². The Bertz CT molecular complexity index is 420. The van der Waals surface area contributed by atoms with Crippen LogP contribution in [0.25, 0.3) is 0 Å². The largest absolute Gasteiger partial charge is 0.426 e. The molecule has 0 heterocycles. The van der Waals surface area contributed by atoms with E-state index in [0.29, 0.717) is 22.3 Å². The number of hydrogen-bond acceptors (Lipinski definition) is 4. The Morgan fingerprint density at radius 1 is 0.810 bits per heavy atom. The van der Waals surface area contributed by atoms with E-state index < -0.39 is 18.7 Å². The molecule has 0 aliphatic carbocycles. The van der Waals surface area contributed by atoms with Crippen molar-refractivity contribution < 1.29 is 61.2 Å². The Morgan fingerprint density at radius 2 is 1.10 bits per heavy atom. The summed E-state index contributed by atoms with van der Waals surface area (Å²) in [4.78, 5) is 22.8. The Morgan fingerprint density at radius 3 is 1.33 bits per heavy atom. The van der Waals surface area contributed by atoms with E-state index in [0.717, 1.165) is 0 Å². The zero-order valence-electron chi connectivity index (χ0n) is 12.5. The van der Waals surface area contributed by atoms with E-state index in [2.05, 4.69) is 0 Å². The SMILES string of the molecule is [CH-]=C(C)/C=C(/C)C(=O)OCOC(=O)/C(C)=C\C(=[CH-])C.[W].[W]. The van der Waals surface area contributed by atoms with Gasteiger partial charge in [-0.25, -0.2) is 20.7 Å². The minimum absolute atomic E-state index is 0. The molecule has 0 bridgehead atoms. The zero-order chi connectivity index (χ0) is 15.0. The molecule has 0 unspecified atom stereocenters. The summed E-state index contributed by atoms with van der Waals surface area (Å²) in [6.45, 7) is 16.8. The molecular formula is C15H18O4W2-2. The van der Waals surface area contributed by atoms with Crippen LogP contribution in [0.2, 0.25) is 0 Å². The molecule has 0 aliphatic heterocycles. The van der Waals surface area contributed by atoms with Gasteiger partial charge in [-0.1, -0.05) is 13.8 Å². The maximum absolute atomic E-state index is 11.4. The summed E-state index contributed by atoms with van der Waals surface area (Å²) in [6, 6.07) is 0. The van der Waals surface area contributed by atoms with E-state index in [9.17, 15) is 9.59 Å². The van der Waals surface area contributed by atoms with Crippen LogP contribution in [-0.4, -0.2) is 18.7 Å². The summed E-state index contributed by atoms with van der Waals surface area (Å²) in [5.74, 6) is -1.19. The third kappa shape index (κ3) is 12.7. The molecule has 0 atom stereocenters. The number of carbonyl (C=O) groups is 2. The molecule has 0 fully saturated rings. The van der Waals surface area contributed by atoms with Crippen LogP contribution in [0.3, 0.4) is 0 Å². The third-order valence-electron chi connectivity index (χ3n) is 1.91. The summed E-state index contributed by atoms with van der Waals surface area (Å²) in [6.07, 6.45) is 2.95. The molecule has 0 saturated heterocycles. The second kappa shape index (κ2) is 13.0. The van der Waals surface area contributed by atoms with Gasteiger partial charge in [0.15, 0.2) is 0 Å². The Kier molecular flexibility index (Phi) is 15.6. The number of allylic oxidation sites excluding steroid dienone is 4. The number of esters is 2. The molecule has 0 saturated carbocycles. The van der Waals surface area contributed by atoms with Gasteiger partial charge in [0.05, 0.1) is 0 Å². The molecule has 0 aliphatic rings. The van der Waals surface area contributed by atoms with Crippen LogP contribution in [0.1, 0.15) is 27.7 Å². The predicted octanol–water partition coefficient (Wildman–Crippen LogP) is 2.68. The second-order valence-corrected chi connectivity index (χ2v) is 4.12. The monoisotopic (exact) mass is 630 g/mol. The van der Waals surface area contributed by atoms with Crippen LogP contribution in [0, 0.1) is 13.2 Å². The van der Waals surface area contributed by atoms with Crippen LogP contribution in [0.5, 0.6) is 0 Å². The zero-order valence-corrected chi connectivity index (χ0v) is 18.3. The normalized spacial score (nSPS) is 10.7. The number of carbonyl (C=O) groups excluding carboxylic acids is 2. The number of rotatable bonds is 6. The van der Waals surface area contributed by atoms with Crippen molar-refractivity contribution in [2.45, 2.75) is 27.7 Å². The van der Waals surface area contributed by atoms with Crippen LogP contribution >= 0.6 is 0 Å². The molecule has 0 aromatic heterocycles. The van der Waals surface area contributed by atoms with E-state index in [1.807, 2.05) is 0 Å². The molecular weight excluding hydrogens is 612 g/mol. The first-order valence-corrected chi connectivity index (χ1v) is 5.63. The van der Waals surface area contributed by atoms with E-state index in [1.54, 1.807) is 27.7 Å². The first kappa shape index (κ1) is 25.2. The van der Waals surface area contributed by atoms with Crippen molar-refractivity contribution in [2.24, 2.45) is 0 Å². The first-order chi connectivity index (χ1) is 8.73. The molecule has 0 aromatic carbocycles. The fourth-order valence-electron chi connectivity index (χ4n) is 1.17. The van der Waals surface area contributed by atoms with Crippen LogP contribution in [0.15, 0.2) is 34.4 Å². The van der Waals surface area contributed by atoms with Gasteiger partial charge in [0, 0.05) is 42.1 Å². The standard InChI is InChI=1S/C15H18O4.2W/c1-10(2)7-12(5)14(16)18-9-19-15(17)13(6)8-11(3)4;;/h1,3,7-8H,9H2,2,4-6H3;;/q-2;;/b12-7-,13-8-;;. The third-order valence-corrected chi connectivity index (χ3v) is 1.91. The summed E-state index contributed by atoms with van der Waals surface area (Å²) in [5, 5.41) is 0. The molecule has 0 radical (unpaired) electrons. The second-order valence-electron chi connectivity index (χ2n) is 4.12. The molecule has 0 spiro atoms. The molecule has 6 heteroatoms. The van der Waals surface area contributed by atoms with Gasteiger partial charge in [-0.2, -0.15) is 12.2 Å². The Hall–Kier alpha value is -0.723. The van der Waals surface area contributed by atoms with Gasteiger partial charge in [0.2, 0.25) is 6.79 Å². The van der Waals surface area contributed by atoms with E-state index >= 15 is 0 Å². The van der Waals surface area contributed by atoms with Gasteiger partial charge in [0.25, 0.3) is 0 Å². The molecule has 0 N–H and O–H groups in total. The van der Waals surface area contributed by atoms with Gasteiger partial charge < -0.3 is 9.47 Å². The molecule has 0 aromatic rings. The number of ether oxygens (including phenoxy) is 2. The van der Waals surface area contributed by atoms with E-state index in [1.165, 1.54) is 12.2 Å². The fourth-order valence-corrected chi connectivity index (χ4v) is 1.17. The smallest absolute Gasteiger partial charge is 0.318 e. The number of hydrogen-bond donors (Lipinski definition) is 0. The van der Waals surface area contributed by atoms with Crippen molar-refractivity contribution in [3.05, 3.63) is 47.6 Å². The van der Waals surface area contributed by atoms with Gasteiger partial charge in [-0.3, -0.25) is 13.2 Å². The first-order valence-electron chi connectivity index (χ1n) is 5.63. The average Bonchev–Trinajstić information content (AvgIpc) is 2.26. The van der Waals surface area contributed by atoms with Gasteiger partial charge in [0.1, 0.15) is 0 Å². The Balaban J connectivity index is -0.00000162. The van der Waals surface area contributed by atoms with Gasteiger partial charge in [-0.05, 0) is 25.0 Å². The average molecular weight is 630 g/mol. The topological polar surface area (TPSA) is 52.6 Å². The van der Waals surface area contributed by atoms with Crippen LogP contribution in [-0.2, 0) is 61.2 Å². The van der Waals surface area contributed by atoms with Crippen molar-refractivity contribution in [1.82, 2.24) is 0 Å². The van der Waals surface area contributed by atoms with Crippen molar-refractivity contribution in [3.8, 4) is 0 Å². The van der Waals surface area contributed by atoms with Crippen molar-refractivity contribution in [3.63, 3.8) is 0 Å². The van der Waals surface area contributed by atoms with Crippen molar-refractivity contribution >= 4 is 11.9 Å². The summed E-state index contributed by atoms with van der Waals surface area (Å²) < 4.78 is 9.49. The van der Waals surface area contributed by atoms with E-state index in [-0.39, 0.29) is 42.1 Å². The maximum atomic E-state index is 11.4. The maximum Gasteiger partial charge on any atom is 0.318 e. The molecule has 116 valence electrons. The fraction of sp³-hybridized carbons (Fsp3) is 0.333. The van der Waals surface area contributed by atoms with E-state index in [4.69, 9.17) is 22.6 Å². The minimum Gasteiger partial charge on any atom is -0.426 e. The molecule has 0 rings (SSSR count). The quantitative estimate of drug-likeness (QED) is 0.149. The predicted molar refractivity (Wildman–Crippen MR) is 71.5 cm³/mol. The molecule has 4 nitrogen and oxygen atoms in total. The Labute approximate surface area is 154 Å². The summed E-state index contributed by atoms with van der Waals surface area (Å²) in [5.41, 5.74) is 1.63. The minimum atomic E-state index is -0.596. The molecule has 0 amide bonds. The summed E-state index contributed by atoms with van der Waals surface area (Å²) >= 11 is 0. The summed E-state index contributed by atoms with van der Waals surface area (Å²) in [7, 11) is 0. The molecule has 21 heavy (non-hydrogen) atoms. The van der Waals surface area contributed by atoms with Crippen molar-refractivity contribution in [2.75, 3.05) is 6.79 Å². The van der Waals surface area contributed by atoms with Gasteiger partial charge >= 0.3 is 11.9 Å². The van der Waals surface area contributed by atoms with Crippen LogP contribution < -0.4 is 0 Å². The van der Waals surface area contributed by atoms with Gasteiger partial charge in [-0.15, -0.1) is 0 Å².